The van der Waals surface area contributed by atoms with E-state index in [1.807, 2.05) is 39.2 Å². The van der Waals surface area contributed by atoms with Crippen molar-refractivity contribution < 1.29 is 0 Å². The maximum absolute atomic E-state index is 4.54. The summed E-state index contributed by atoms with van der Waals surface area (Å²) >= 11 is 0. The molecule has 0 aliphatic rings. The first-order valence-electron chi connectivity index (χ1n) is 6.42. The van der Waals surface area contributed by atoms with Crippen molar-refractivity contribution in [1.29, 1.82) is 0 Å². The van der Waals surface area contributed by atoms with Gasteiger partial charge in [0.05, 0.1) is 23.8 Å². The van der Waals surface area contributed by atoms with E-state index in [2.05, 4.69) is 25.0 Å². The molecule has 6 heteroatoms. The van der Waals surface area contributed by atoms with Gasteiger partial charge in [-0.05, 0) is 19.1 Å². The molecule has 0 saturated heterocycles. The van der Waals surface area contributed by atoms with Gasteiger partial charge in [-0.25, -0.2) is 9.97 Å². The first-order valence-corrected chi connectivity index (χ1v) is 6.42. The van der Waals surface area contributed by atoms with Crippen LogP contribution < -0.4 is 4.90 Å². The Morgan fingerprint density at radius 1 is 1.25 bits per heavy atom. The fourth-order valence-corrected chi connectivity index (χ4v) is 2.21. The summed E-state index contributed by atoms with van der Waals surface area (Å²) in [5, 5.41) is 5.21. The summed E-state index contributed by atoms with van der Waals surface area (Å²) < 4.78 is 1.77. The fraction of sp³-hybridized carbons (Fsp3) is 0.286. The quantitative estimate of drug-likeness (QED) is 0.723. The average molecular weight is 268 g/mol. The molecule has 3 heterocycles. The normalized spacial score (nSPS) is 10.9. The van der Waals surface area contributed by atoms with Crippen LogP contribution in [-0.2, 0) is 13.6 Å². The average Bonchev–Trinajstić information content (AvgIpc) is 2.81. The lowest BCUT2D eigenvalue weighted by molar-refractivity contribution is 0.782. The van der Waals surface area contributed by atoms with Gasteiger partial charge >= 0.3 is 0 Å². The Morgan fingerprint density at radius 3 is 2.85 bits per heavy atom. The molecule has 0 N–H and O–H groups in total. The molecule has 0 radical (unpaired) electrons. The molecule has 0 bridgehead atoms. The SMILES string of the molecule is Cc1nc(N(C)Cc2ccccn2)c2cnn(C)c2n1. The lowest BCUT2D eigenvalue weighted by Gasteiger charge is -2.18. The van der Waals surface area contributed by atoms with Crippen molar-refractivity contribution in [2.24, 2.45) is 7.05 Å². The van der Waals surface area contributed by atoms with E-state index in [4.69, 9.17) is 0 Å². The summed E-state index contributed by atoms with van der Waals surface area (Å²) in [7, 11) is 3.89. The molecule has 6 nitrogen and oxygen atoms in total. The van der Waals surface area contributed by atoms with Crippen LogP contribution in [0.25, 0.3) is 11.0 Å². The first-order chi connectivity index (χ1) is 9.65. The van der Waals surface area contributed by atoms with Gasteiger partial charge in [-0.3, -0.25) is 9.67 Å². The molecule has 0 atom stereocenters. The molecule has 0 aliphatic carbocycles. The minimum atomic E-state index is 0.696. The summed E-state index contributed by atoms with van der Waals surface area (Å²) in [6.45, 7) is 2.59. The second-order valence-electron chi connectivity index (χ2n) is 4.78. The van der Waals surface area contributed by atoms with Crippen LogP contribution in [0.3, 0.4) is 0 Å². The van der Waals surface area contributed by atoms with Crippen LogP contribution in [0.15, 0.2) is 30.6 Å². The van der Waals surface area contributed by atoms with Crippen LogP contribution in [0.4, 0.5) is 5.82 Å². The molecule has 0 spiro atoms. The standard InChI is InChI=1S/C14H16N6/c1-10-17-13(12-8-16-20(3)14(12)18-10)19(2)9-11-6-4-5-7-15-11/h4-8H,9H2,1-3H3. The van der Waals surface area contributed by atoms with Crippen LogP contribution in [0, 0.1) is 6.92 Å². The summed E-state index contributed by atoms with van der Waals surface area (Å²) in [6, 6.07) is 5.91. The van der Waals surface area contributed by atoms with Crippen LogP contribution in [0.5, 0.6) is 0 Å². The highest BCUT2D eigenvalue weighted by molar-refractivity contribution is 5.86. The third-order valence-electron chi connectivity index (χ3n) is 3.17. The topological polar surface area (TPSA) is 59.7 Å². The van der Waals surface area contributed by atoms with Gasteiger partial charge in [-0.1, -0.05) is 6.07 Å². The van der Waals surface area contributed by atoms with Crippen molar-refractivity contribution in [2.75, 3.05) is 11.9 Å². The molecule has 0 fully saturated rings. The van der Waals surface area contributed by atoms with Gasteiger partial charge in [-0.15, -0.1) is 0 Å². The van der Waals surface area contributed by atoms with Crippen LogP contribution in [0.2, 0.25) is 0 Å². The van der Waals surface area contributed by atoms with Crippen molar-refractivity contribution >= 4 is 16.9 Å². The second kappa shape index (κ2) is 4.88. The molecular weight excluding hydrogens is 252 g/mol. The molecule has 102 valence electrons. The molecule has 20 heavy (non-hydrogen) atoms. The van der Waals surface area contributed by atoms with E-state index in [-0.39, 0.29) is 0 Å². The van der Waals surface area contributed by atoms with Gasteiger partial charge in [0.15, 0.2) is 5.65 Å². The Hall–Kier alpha value is -2.50. The predicted octanol–water partition coefficient (Wildman–Crippen LogP) is 1.70. The second-order valence-corrected chi connectivity index (χ2v) is 4.78. The van der Waals surface area contributed by atoms with E-state index in [9.17, 15) is 0 Å². The Morgan fingerprint density at radius 2 is 2.10 bits per heavy atom. The number of rotatable bonds is 3. The summed E-state index contributed by atoms with van der Waals surface area (Å²) in [4.78, 5) is 15.4. The highest BCUT2D eigenvalue weighted by Crippen LogP contribution is 2.23. The molecule has 0 saturated carbocycles. The zero-order valence-electron chi connectivity index (χ0n) is 11.8. The van der Waals surface area contributed by atoms with E-state index in [1.54, 1.807) is 17.1 Å². The monoisotopic (exact) mass is 268 g/mol. The van der Waals surface area contributed by atoms with Crippen molar-refractivity contribution in [3.05, 3.63) is 42.1 Å². The molecule has 0 aromatic carbocycles. The number of nitrogens with zero attached hydrogens (tertiary/aromatic N) is 6. The Kier molecular flexibility index (Phi) is 3.06. The third kappa shape index (κ3) is 2.20. The minimum Gasteiger partial charge on any atom is -0.353 e. The van der Waals surface area contributed by atoms with Gasteiger partial charge in [0.25, 0.3) is 0 Å². The van der Waals surface area contributed by atoms with Gasteiger partial charge in [0.2, 0.25) is 0 Å². The van der Waals surface area contributed by atoms with Crippen molar-refractivity contribution in [2.45, 2.75) is 13.5 Å². The number of anilines is 1. The van der Waals surface area contributed by atoms with Crippen LogP contribution in [0.1, 0.15) is 11.5 Å². The fourth-order valence-electron chi connectivity index (χ4n) is 2.21. The summed E-state index contributed by atoms with van der Waals surface area (Å²) in [5.74, 6) is 1.62. The maximum Gasteiger partial charge on any atom is 0.163 e. The van der Waals surface area contributed by atoms with Gasteiger partial charge in [0.1, 0.15) is 11.6 Å². The van der Waals surface area contributed by atoms with Crippen LogP contribution in [-0.4, -0.2) is 31.8 Å². The number of fused-ring (bicyclic) bond motifs is 1. The van der Waals surface area contributed by atoms with E-state index >= 15 is 0 Å². The number of aryl methyl sites for hydroxylation is 2. The maximum atomic E-state index is 4.54. The minimum absolute atomic E-state index is 0.696. The molecule has 3 aromatic rings. The van der Waals surface area contributed by atoms with E-state index in [0.717, 1.165) is 28.4 Å². The molecule has 0 amide bonds. The molecule has 0 unspecified atom stereocenters. The summed E-state index contributed by atoms with van der Waals surface area (Å²) in [6.07, 6.45) is 3.60. The number of aromatic nitrogens is 5. The smallest absolute Gasteiger partial charge is 0.163 e. The first kappa shape index (κ1) is 12.5. The number of hydrogen-bond donors (Lipinski definition) is 0. The van der Waals surface area contributed by atoms with E-state index in [1.165, 1.54) is 0 Å². The molecule has 3 rings (SSSR count). The lowest BCUT2D eigenvalue weighted by atomic mass is 10.3. The number of pyridine rings is 1. The molecule has 3 aromatic heterocycles. The van der Waals surface area contributed by atoms with Gasteiger partial charge in [-0.2, -0.15) is 5.10 Å². The van der Waals surface area contributed by atoms with Crippen molar-refractivity contribution in [1.82, 2.24) is 24.7 Å². The Labute approximate surface area is 117 Å². The zero-order valence-corrected chi connectivity index (χ0v) is 11.8. The molecular formula is C14H16N6. The Balaban J connectivity index is 2.01. The van der Waals surface area contributed by atoms with Gasteiger partial charge < -0.3 is 4.90 Å². The Bertz CT molecular complexity index is 734. The highest BCUT2D eigenvalue weighted by Gasteiger charge is 2.13. The van der Waals surface area contributed by atoms with Crippen LogP contribution >= 0.6 is 0 Å². The van der Waals surface area contributed by atoms with Gasteiger partial charge in [0, 0.05) is 20.3 Å². The number of hydrogen-bond acceptors (Lipinski definition) is 5. The van der Waals surface area contributed by atoms with Crippen molar-refractivity contribution in [3.63, 3.8) is 0 Å². The lowest BCUT2D eigenvalue weighted by Crippen LogP contribution is -2.19. The highest BCUT2D eigenvalue weighted by atomic mass is 15.3. The zero-order chi connectivity index (χ0) is 14.1. The van der Waals surface area contributed by atoms with Crippen molar-refractivity contribution in [3.8, 4) is 0 Å². The molecule has 0 aliphatic heterocycles. The van der Waals surface area contributed by atoms with E-state index < -0.39 is 0 Å². The third-order valence-corrected chi connectivity index (χ3v) is 3.17. The summed E-state index contributed by atoms with van der Waals surface area (Å²) in [5.41, 5.74) is 1.85. The largest absolute Gasteiger partial charge is 0.353 e. The van der Waals surface area contributed by atoms with E-state index in [0.29, 0.717) is 6.54 Å². The predicted molar refractivity (Wildman–Crippen MR) is 77.4 cm³/mol.